The molecule has 0 aliphatic heterocycles. The number of hydrogen-bond donors (Lipinski definition) is 0. The van der Waals surface area contributed by atoms with E-state index < -0.39 is 0 Å². The lowest BCUT2D eigenvalue weighted by molar-refractivity contribution is 0.411. The molecule has 0 saturated carbocycles. The van der Waals surface area contributed by atoms with E-state index in [9.17, 15) is 0 Å². The highest BCUT2D eigenvalue weighted by molar-refractivity contribution is 4.81. The molecule has 108 valence electrons. The normalized spacial score (nSPS) is 13.3. The Morgan fingerprint density at radius 2 is 1.28 bits per heavy atom. The molecule has 0 heteroatoms. The van der Waals surface area contributed by atoms with Crippen molar-refractivity contribution in [3.05, 3.63) is 12.2 Å². The number of allylic oxidation sites excluding steroid dienone is 2. The summed E-state index contributed by atoms with van der Waals surface area (Å²) in [6, 6.07) is 0. The molecule has 0 aromatic heterocycles. The van der Waals surface area contributed by atoms with Crippen LogP contribution in [0.1, 0.15) is 97.8 Å². The molecule has 0 aliphatic rings. The molecular weight excluding hydrogens is 216 g/mol. The van der Waals surface area contributed by atoms with Gasteiger partial charge in [-0.15, -0.1) is 0 Å². The first-order valence-corrected chi connectivity index (χ1v) is 8.50. The molecule has 0 radical (unpaired) electrons. The van der Waals surface area contributed by atoms with Crippen LogP contribution < -0.4 is 0 Å². The molecule has 0 aromatic carbocycles. The Balaban J connectivity index is 3.33. The summed E-state index contributed by atoms with van der Waals surface area (Å²) in [4.78, 5) is 0. The van der Waals surface area contributed by atoms with Gasteiger partial charge in [-0.1, -0.05) is 84.3 Å². The van der Waals surface area contributed by atoms with Crippen LogP contribution in [-0.4, -0.2) is 0 Å². The van der Waals surface area contributed by atoms with Gasteiger partial charge >= 0.3 is 0 Å². The standard InChI is InChI=1S/C18H36/c1-4-7-9-10-11-12-13-14-15-17-18(6-3)16-8-5-2/h12-13,18H,4-11,14-17H2,1-3H3. The molecule has 0 rings (SSSR count). The van der Waals surface area contributed by atoms with Gasteiger partial charge in [0.2, 0.25) is 0 Å². The van der Waals surface area contributed by atoms with Crippen LogP contribution in [0.4, 0.5) is 0 Å². The maximum atomic E-state index is 2.42. The zero-order chi connectivity index (χ0) is 13.5. The number of unbranched alkanes of at least 4 members (excludes halogenated alkanes) is 6. The lowest BCUT2D eigenvalue weighted by atomic mass is 9.93. The monoisotopic (exact) mass is 252 g/mol. The minimum absolute atomic E-state index is 0.989. The molecule has 0 nitrogen and oxygen atoms in total. The fourth-order valence-corrected chi connectivity index (χ4v) is 2.49. The van der Waals surface area contributed by atoms with E-state index in [0.717, 1.165) is 5.92 Å². The van der Waals surface area contributed by atoms with E-state index in [1.807, 2.05) is 0 Å². The quantitative estimate of drug-likeness (QED) is 0.247. The van der Waals surface area contributed by atoms with Gasteiger partial charge < -0.3 is 0 Å². The van der Waals surface area contributed by atoms with Gasteiger partial charge in [-0.25, -0.2) is 0 Å². The molecule has 0 bridgehead atoms. The van der Waals surface area contributed by atoms with E-state index in [-0.39, 0.29) is 0 Å². The Kier molecular flexibility index (Phi) is 14.6. The van der Waals surface area contributed by atoms with Gasteiger partial charge in [0.25, 0.3) is 0 Å². The molecule has 0 N–H and O–H groups in total. The summed E-state index contributed by atoms with van der Waals surface area (Å²) in [6.07, 6.45) is 21.4. The van der Waals surface area contributed by atoms with Gasteiger partial charge in [0.1, 0.15) is 0 Å². The van der Waals surface area contributed by atoms with Crippen LogP contribution in [0, 0.1) is 5.92 Å². The Morgan fingerprint density at radius 3 is 1.89 bits per heavy atom. The molecule has 0 saturated heterocycles. The van der Waals surface area contributed by atoms with Gasteiger partial charge in [-0.3, -0.25) is 0 Å². The summed E-state index contributed by atoms with van der Waals surface area (Å²) in [5.41, 5.74) is 0. The van der Waals surface area contributed by atoms with Gasteiger partial charge in [-0.05, 0) is 31.6 Å². The van der Waals surface area contributed by atoms with Crippen LogP contribution in [-0.2, 0) is 0 Å². The molecule has 18 heavy (non-hydrogen) atoms. The molecule has 0 fully saturated rings. The molecular formula is C18H36. The van der Waals surface area contributed by atoms with Crippen molar-refractivity contribution >= 4 is 0 Å². The summed E-state index contributed by atoms with van der Waals surface area (Å²) < 4.78 is 0. The first-order chi connectivity index (χ1) is 8.85. The minimum atomic E-state index is 0.989. The smallest absolute Gasteiger partial charge is 0.0351 e. The summed E-state index contributed by atoms with van der Waals surface area (Å²) in [5.74, 6) is 0.989. The SMILES string of the molecule is CCCCCCC=CCCCC(CC)CCCC. The lowest BCUT2D eigenvalue weighted by Gasteiger charge is -2.13. The second-order valence-corrected chi connectivity index (χ2v) is 5.67. The van der Waals surface area contributed by atoms with Crippen molar-refractivity contribution in [2.45, 2.75) is 97.8 Å². The topological polar surface area (TPSA) is 0 Å². The fourth-order valence-electron chi connectivity index (χ4n) is 2.49. The summed E-state index contributed by atoms with van der Waals surface area (Å²) >= 11 is 0. The second-order valence-electron chi connectivity index (χ2n) is 5.67. The molecule has 1 atom stereocenters. The zero-order valence-electron chi connectivity index (χ0n) is 13.2. The lowest BCUT2D eigenvalue weighted by Crippen LogP contribution is -1.98. The number of rotatable bonds is 13. The highest BCUT2D eigenvalue weighted by Gasteiger charge is 2.04. The van der Waals surface area contributed by atoms with E-state index in [1.54, 1.807) is 0 Å². The van der Waals surface area contributed by atoms with E-state index in [1.165, 1.54) is 77.0 Å². The molecule has 0 aromatic rings. The van der Waals surface area contributed by atoms with Crippen molar-refractivity contribution in [2.24, 2.45) is 5.92 Å². The van der Waals surface area contributed by atoms with Crippen LogP contribution in [0.15, 0.2) is 12.2 Å². The van der Waals surface area contributed by atoms with E-state index in [4.69, 9.17) is 0 Å². The van der Waals surface area contributed by atoms with Crippen molar-refractivity contribution < 1.29 is 0 Å². The third-order valence-corrected chi connectivity index (χ3v) is 3.92. The van der Waals surface area contributed by atoms with Gasteiger partial charge in [0.05, 0.1) is 0 Å². The van der Waals surface area contributed by atoms with Gasteiger partial charge in [0, 0.05) is 0 Å². The highest BCUT2D eigenvalue weighted by atomic mass is 14.1. The third-order valence-electron chi connectivity index (χ3n) is 3.92. The average Bonchev–Trinajstić information content (AvgIpc) is 2.40. The molecule has 0 aliphatic carbocycles. The van der Waals surface area contributed by atoms with E-state index in [2.05, 4.69) is 32.9 Å². The van der Waals surface area contributed by atoms with E-state index in [0.29, 0.717) is 0 Å². The van der Waals surface area contributed by atoms with Crippen molar-refractivity contribution in [1.82, 2.24) is 0 Å². The van der Waals surface area contributed by atoms with Crippen LogP contribution in [0.5, 0.6) is 0 Å². The summed E-state index contributed by atoms with van der Waals surface area (Å²) in [7, 11) is 0. The van der Waals surface area contributed by atoms with Gasteiger partial charge in [-0.2, -0.15) is 0 Å². The highest BCUT2D eigenvalue weighted by Crippen LogP contribution is 2.19. The molecule has 0 heterocycles. The number of hydrogen-bond acceptors (Lipinski definition) is 0. The van der Waals surface area contributed by atoms with Crippen LogP contribution in [0.25, 0.3) is 0 Å². The van der Waals surface area contributed by atoms with Crippen LogP contribution in [0.2, 0.25) is 0 Å². The third kappa shape index (κ3) is 12.2. The predicted molar refractivity (Wildman–Crippen MR) is 85.1 cm³/mol. The Bertz CT molecular complexity index is 169. The largest absolute Gasteiger partial charge is 0.0885 e. The Morgan fingerprint density at radius 1 is 0.667 bits per heavy atom. The predicted octanol–water partition coefficient (Wildman–Crippen LogP) is 6.90. The van der Waals surface area contributed by atoms with Crippen molar-refractivity contribution in [1.29, 1.82) is 0 Å². The summed E-state index contributed by atoms with van der Waals surface area (Å²) in [6.45, 7) is 6.93. The first kappa shape index (κ1) is 17.7. The summed E-state index contributed by atoms with van der Waals surface area (Å²) in [5, 5.41) is 0. The molecule has 1 unspecified atom stereocenters. The molecule has 0 spiro atoms. The molecule has 0 amide bonds. The Labute approximate surface area is 116 Å². The fraction of sp³-hybridized carbons (Fsp3) is 0.889. The van der Waals surface area contributed by atoms with Gasteiger partial charge in [0.15, 0.2) is 0 Å². The van der Waals surface area contributed by atoms with Crippen molar-refractivity contribution in [3.63, 3.8) is 0 Å². The van der Waals surface area contributed by atoms with Crippen LogP contribution in [0.3, 0.4) is 0 Å². The average molecular weight is 252 g/mol. The second kappa shape index (κ2) is 14.8. The minimum Gasteiger partial charge on any atom is -0.0885 e. The maximum Gasteiger partial charge on any atom is -0.0351 e. The van der Waals surface area contributed by atoms with Crippen molar-refractivity contribution in [3.8, 4) is 0 Å². The van der Waals surface area contributed by atoms with E-state index >= 15 is 0 Å². The van der Waals surface area contributed by atoms with Crippen LogP contribution >= 0.6 is 0 Å². The van der Waals surface area contributed by atoms with Crippen molar-refractivity contribution in [2.75, 3.05) is 0 Å². The zero-order valence-corrected chi connectivity index (χ0v) is 13.2. The first-order valence-electron chi connectivity index (χ1n) is 8.50. The maximum absolute atomic E-state index is 2.42. The Hall–Kier alpha value is -0.260.